The van der Waals surface area contributed by atoms with E-state index in [1.165, 1.54) is 18.2 Å². The van der Waals surface area contributed by atoms with Gasteiger partial charge in [-0.25, -0.2) is 12.8 Å². The third-order valence-corrected chi connectivity index (χ3v) is 6.59. The highest BCUT2D eigenvalue weighted by Gasteiger charge is 2.25. The summed E-state index contributed by atoms with van der Waals surface area (Å²) in [4.78, 5) is 18.2. The van der Waals surface area contributed by atoms with Crippen molar-refractivity contribution >= 4 is 21.6 Å². The number of ether oxygens (including phenoxy) is 1. The van der Waals surface area contributed by atoms with Crippen molar-refractivity contribution in [1.82, 2.24) is 15.0 Å². The summed E-state index contributed by atoms with van der Waals surface area (Å²) < 4.78 is 52.4. The number of amides is 1. The SMILES string of the molecule is Cc1ccc(NS(=O)(=O)c2cc(-c3noc(C(=O)N4CCOCC4)n3)ccc2C)cc1F. The van der Waals surface area contributed by atoms with E-state index in [2.05, 4.69) is 14.9 Å². The monoisotopic (exact) mass is 460 g/mol. The number of morpholine rings is 1. The number of aryl methyl sites for hydroxylation is 2. The Morgan fingerprint density at radius 3 is 2.53 bits per heavy atom. The molecule has 1 N–H and O–H groups in total. The Bertz CT molecular complexity index is 1270. The Kier molecular flexibility index (Phi) is 5.94. The van der Waals surface area contributed by atoms with Gasteiger partial charge in [0.1, 0.15) is 5.82 Å². The van der Waals surface area contributed by atoms with Crippen molar-refractivity contribution < 1.29 is 26.9 Å². The van der Waals surface area contributed by atoms with Gasteiger partial charge in [0.05, 0.1) is 23.8 Å². The molecule has 0 aliphatic carbocycles. The van der Waals surface area contributed by atoms with E-state index >= 15 is 0 Å². The van der Waals surface area contributed by atoms with E-state index in [0.29, 0.717) is 43.0 Å². The molecule has 1 saturated heterocycles. The quantitative estimate of drug-likeness (QED) is 0.623. The molecule has 1 aliphatic rings. The normalized spacial score (nSPS) is 14.4. The molecule has 11 heteroatoms. The summed E-state index contributed by atoms with van der Waals surface area (Å²) in [7, 11) is -4.02. The van der Waals surface area contributed by atoms with Gasteiger partial charge >= 0.3 is 11.8 Å². The van der Waals surface area contributed by atoms with Gasteiger partial charge in [0.15, 0.2) is 0 Å². The van der Waals surface area contributed by atoms with Crippen molar-refractivity contribution in [3.63, 3.8) is 0 Å². The van der Waals surface area contributed by atoms with Crippen LogP contribution in [0, 0.1) is 19.7 Å². The minimum atomic E-state index is -4.02. The fourth-order valence-corrected chi connectivity index (χ4v) is 4.55. The van der Waals surface area contributed by atoms with E-state index < -0.39 is 21.7 Å². The zero-order valence-corrected chi connectivity index (χ0v) is 18.3. The molecule has 0 unspecified atom stereocenters. The molecule has 0 saturated carbocycles. The summed E-state index contributed by atoms with van der Waals surface area (Å²) in [6.07, 6.45) is 0. The summed E-state index contributed by atoms with van der Waals surface area (Å²) in [6.45, 7) is 4.94. The van der Waals surface area contributed by atoms with Crippen LogP contribution in [0.5, 0.6) is 0 Å². The highest BCUT2D eigenvalue weighted by Crippen LogP contribution is 2.26. The third kappa shape index (κ3) is 4.48. The highest BCUT2D eigenvalue weighted by molar-refractivity contribution is 7.92. The number of rotatable bonds is 5. The molecule has 0 atom stereocenters. The summed E-state index contributed by atoms with van der Waals surface area (Å²) in [6, 6.07) is 8.71. The van der Waals surface area contributed by atoms with E-state index in [0.717, 1.165) is 6.07 Å². The molecule has 168 valence electrons. The molecule has 32 heavy (non-hydrogen) atoms. The largest absolute Gasteiger partial charge is 0.378 e. The smallest absolute Gasteiger partial charge is 0.316 e. The second-order valence-corrected chi connectivity index (χ2v) is 9.03. The molecule has 0 bridgehead atoms. The van der Waals surface area contributed by atoms with Crippen LogP contribution in [0.25, 0.3) is 11.4 Å². The number of sulfonamides is 1. The zero-order chi connectivity index (χ0) is 22.9. The Morgan fingerprint density at radius 2 is 1.81 bits per heavy atom. The number of carbonyl (C=O) groups is 1. The summed E-state index contributed by atoms with van der Waals surface area (Å²) >= 11 is 0. The maximum absolute atomic E-state index is 13.8. The van der Waals surface area contributed by atoms with Crippen molar-refractivity contribution in [2.45, 2.75) is 18.7 Å². The summed E-state index contributed by atoms with van der Waals surface area (Å²) in [5.74, 6) is -1.02. The van der Waals surface area contributed by atoms with Crippen LogP contribution in [0.4, 0.5) is 10.1 Å². The lowest BCUT2D eigenvalue weighted by Crippen LogP contribution is -2.40. The lowest BCUT2D eigenvalue weighted by atomic mass is 10.1. The topological polar surface area (TPSA) is 115 Å². The molecule has 0 spiro atoms. The van der Waals surface area contributed by atoms with Crippen molar-refractivity contribution in [3.05, 3.63) is 59.2 Å². The van der Waals surface area contributed by atoms with Crippen LogP contribution in [-0.2, 0) is 14.8 Å². The number of carbonyl (C=O) groups excluding carboxylic acids is 1. The highest BCUT2D eigenvalue weighted by atomic mass is 32.2. The number of anilines is 1. The molecule has 2 aromatic carbocycles. The average molecular weight is 460 g/mol. The number of benzene rings is 2. The van der Waals surface area contributed by atoms with Gasteiger partial charge in [0.25, 0.3) is 10.0 Å². The molecule has 1 aromatic heterocycles. The Balaban J connectivity index is 1.60. The zero-order valence-electron chi connectivity index (χ0n) is 17.5. The Hall–Kier alpha value is -3.31. The van der Waals surface area contributed by atoms with Crippen molar-refractivity contribution in [1.29, 1.82) is 0 Å². The van der Waals surface area contributed by atoms with Gasteiger partial charge in [0.2, 0.25) is 5.82 Å². The van der Waals surface area contributed by atoms with Crippen molar-refractivity contribution in [3.8, 4) is 11.4 Å². The lowest BCUT2D eigenvalue weighted by molar-refractivity contribution is 0.0272. The molecule has 1 aliphatic heterocycles. The van der Waals surface area contributed by atoms with E-state index in [-0.39, 0.29) is 22.3 Å². The minimum Gasteiger partial charge on any atom is -0.378 e. The maximum atomic E-state index is 13.8. The lowest BCUT2D eigenvalue weighted by Gasteiger charge is -2.25. The fraction of sp³-hybridized carbons (Fsp3) is 0.286. The van der Waals surface area contributed by atoms with Gasteiger partial charge in [-0.1, -0.05) is 23.4 Å². The Labute approximate surface area is 184 Å². The minimum absolute atomic E-state index is 0.0261. The number of nitrogens with zero attached hydrogens (tertiary/aromatic N) is 3. The summed E-state index contributed by atoms with van der Waals surface area (Å²) in [5.41, 5.74) is 1.35. The first kappa shape index (κ1) is 21.9. The molecule has 0 radical (unpaired) electrons. The number of nitrogens with one attached hydrogen (secondary N) is 1. The average Bonchev–Trinajstić information content (AvgIpc) is 3.26. The molecule has 1 fully saturated rings. The van der Waals surface area contributed by atoms with Gasteiger partial charge < -0.3 is 14.2 Å². The van der Waals surface area contributed by atoms with Crippen LogP contribution < -0.4 is 4.72 Å². The van der Waals surface area contributed by atoms with Gasteiger partial charge in [-0.05, 0) is 43.2 Å². The van der Waals surface area contributed by atoms with Crippen LogP contribution in [0.3, 0.4) is 0 Å². The predicted octanol–water partition coefficient (Wildman–Crippen LogP) is 2.77. The van der Waals surface area contributed by atoms with Crippen molar-refractivity contribution in [2.24, 2.45) is 0 Å². The second-order valence-electron chi connectivity index (χ2n) is 7.38. The van der Waals surface area contributed by atoms with E-state index in [1.807, 2.05) is 0 Å². The van der Waals surface area contributed by atoms with Crippen molar-refractivity contribution in [2.75, 3.05) is 31.0 Å². The first-order chi connectivity index (χ1) is 15.2. The maximum Gasteiger partial charge on any atom is 0.316 e. The van der Waals surface area contributed by atoms with E-state index in [9.17, 15) is 17.6 Å². The number of hydrogen-bond donors (Lipinski definition) is 1. The predicted molar refractivity (Wildman–Crippen MR) is 113 cm³/mol. The van der Waals surface area contributed by atoms with Gasteiger partial charge in [0, 0.05) is 18.7 Å². The van der Waals surface area contributed by atoms with E-state index in [1.54, 1.807) is 30.9 Å². The number of aromatic nitrogens is 2. The first-order valence-electron chi connectivity index (χ1n) is 9.85. The standard InChI is InChI=1S/C21H21FN4O5S/c1-13-4-6-16(12-17(13)22)25-32(28,29)18-11-15(5-3-14(18)2)19-23-20(31-24-19)21(27)26-7-9-30-10-8-26/h3-6,11-12,25H,7-10H2,1-2H3. The van der Waals surface area contributed by atoms with Crippen LogP contribution in [-0.4, -0.2) is 55.7 Å². The first-order valence-corrected chi connectivity index (χ1v) is 11.3. The van der Waals surface area contributed by atoms with Gasteiger partial charge in [-0.15, -0.1) is 0 Å². The molecule has 4 rings (SSSR count). The van der Waals surface area contributed by atoms with Crippen LogP contribution in [0.1, 0.15) is 21.8 Å². The number of halogens is 1. The van der Waals surface area contributed by atoms with Crippen LogP contribution >= 0.6 is 0 Å². The molecule has 3 aromatic rings. The molecule has 1 amide bonds. The molecular formula is C21H21FN4O5S. The third-order valence-electron chi connectivity index (χ3n) is 5.07. The number of hydrogen-bond acceptors (Lipinski definition) is 7. The fourth-order valence-electron chi connectivity index (χ4n) is 3.22. The van der Waals surface area contributed by atoms with Gasteiger partial charge in [-0.2, -0.15) is 4.98 Å². The molecular weight excluding hydrogens is 439 g/mol. The van der Waals surface area contributed by atoms with E-state index in [4.69, 9.17) is 9.26 Å². The molecule has 9 nitrogen and oxygen atoms in total. The Morgan fingerprint density at radius 1 is 1.09 bits per heavy atom. The van der Waals surface area contributed by atoms with Gasteiger partial charge in [-0.3, -0.25) is 9.52 Å². The molecule has 2 heterocycles. The van der Waals surface area contributed by atoms with Crippen LogP contribution in [0.2, 0.25) is 0 Å². The summed E-state index contributed by atoms with van der Waals surface area (Å²) in [5, 5.41) is 3.83. The van der Waals surface area contributed by atoms with Crippen LogP contribution in [0.15, 0.2) is 45.8 Å². The second kappa shape index (κ2) is 8.67.